The Labute approximate surface area is 73.0 Å². The molecule has 6 heteroatoms. The second-order valence-corrected chi connectivity index (χ2v) is 2.44. The zero-order valence-corrected chi connectivity index (χ0v) is 6.64. The topological polar surface area (TPSA) is 58.2 Å². The quantitative estimate of drug-likeness (QED) is 0.573. The fraction of sp³-hybridized carbons (Fsp3) is 0.429. The Morgan fingerprint density at radius 2 is 2.00 bits per heavy atom. The van der Waals surface area contributed by atoms with Crippen molar-refractivity contribution in [1.82, 2.24) is 10.6 Å². The molecule has 1 amide bonds. The summed E-state index contributed by atoms with van der Waals surface area (Å²) in [6.07, 6.45) is -2.44. The molecule has 4 nitrogen and oxygen atoms in total. The lowest BCUT2D eigenvalue weighted by Gasteiger charge is -2.16. The zero-order chi connectivity index (χ0) is 9.84. The van der Waals surface area contributed by atoms with Crippen LogP contribution in [0.4, 0.5) is 8.78 Å². The summed E-state index contributed by atoms with van der Waals surface area (Å²) < 4.78 is 23.5. The minimum atomic E-state index is -3.07. The summed E-state index contributed by atoms with van der Waals surface area (Å²) in [6, 6.07) is 0. The molecule has 0 saturated carbocycles. The number of hydrogen-bond donors (Lipinski definition) is 2. The Morgan fingerprint density at radius 3 is 2.54 bits per heavy atom. The lowest BCUT2D eigenvalue weighted by Crippen LogP contribution is -2.43. The van der Waals surface area contributed by atoms with Gasteiger partial charge in [-0.1, -0.05) is 0 Å². The van der Waals surface area contributed by atoms with E-state index in [9.17, 15) is 18.4 Å². The SMILES string of the molecule is O=C1NCCNC1=CC(=O)C(F)F. The van der Waals surface area contributed by atoms with Crippen molar-refractivity contribution in [3.05, 3.63) is 11.8 Å². The summed E-state index contributed by atoms with van der Waals surface area (Å²) in [4.78, 5) is 21.4. The van der Waals surface area contributed by atoms with Crippen molar-refractivity contribution >= 4 is 11.7 Å². The van der Waals surface area contributed by atoms with Crippen LogP contribution in [0.1, 0.15) is 0 Å². The molecule has 1 heterocycles. The highest BCUT2D eigenvalue weighted by Crippen LogP contribution is 2.00. The van der Waals surface area contributed by atoms with Crippen LogP contribution in [0.3, 0.4) is 0 Å². The molecule has 2 N–H and O–H groups in total. The van der Waals surface area contributed by atoms with Crippen molar-refractivity contribution in [2.75, 3.05) is 13.1 Å². The molecular weight excluding hydrogens is 182 g/mol. The van der Waals surface area contributed by atoms with E-state index in [0.29, 0.717) is 19.2 Å². The van der Waals surface area contributed by atoms with Crippen LogP contribution in [0.5, 0.6) is 0 Å². The van der Waals surface area contributed by atoms with Crippen LogP contribution in [0.25, 0.3) is 0 Å². The maximum absolute atomic E-state index is 11.8. The number of carbonyl (C=O) groups is 2. The van der Waals surface area contributed by atoms with Gasteiger partial charge in [0.25, 0.3) is 12.3 Å². The largest absolute Gasteiger partial charge is 0.379 e. The van der Waals surface area contributed by atoms with Crippen molar-refractivity contribution in [2.24, 2.45) is 0 Å². The summed E-state index contributed by atoms with van der Waals surface area (Å²) >= 11 is 0. The predicted molar refractivity (Wildman–Crippen MR) is 40.1 cm³/mol. The van der Waals surface area contributed by atoms with E-state index >= 15 is 0 Å². The van der Waals surface area contributed by atoms with Crippen molar-refractivity contribution in [3.63, 3.8) is 0 Å². The Hall–Kier alpha value is -1.46. The Balaban J connectivity index is 2.68. The molecule has 0 bridgehead atoms. The van der Waals surface area contributed by atoms with E-state index in [-0.39, 0.29) is 5.70 Å². The summed E-state index contributed by atoms with van der Waals surface area (Å²) in [5.41, 5.74) is -0.100. The second-order valence-electron chi connectivity index (χ2n) is 2.44. The third kappa shape index (κ3) is 2.50. The van der Waals surface area contributed by atoms with Gasteiger partial charge in [-0.05, 0) is 0 Å². The first kappa shape index (κ1) is 9.63. The molecule has 1 saturated heterocycles. The van der Waals surface area contributed by atoms with E-state index in [1.165, 1.54) is 0 Å². The van der Waals surface area contributed by atoms with Crippen molar-refractivity contribution < 1.29 is 18.4 Å². The molecule has 13 heavy (non-hydrogen) atoms. The van der Waals surface area contributed by atoms with Gasteiger partial charge in [-0.25, -0.2) is 8.78 Å². The molecule has 0 atom stereocenters. The number of allylic oxidation sites excluding steroid dienone is 1. The van der Waals surface area contributed by atoms with Gasteiger partial charge in [0.1, 0.15) is 5.70 Å². The number of piperazine rings is 1. The van der Waals surface area contributed by atoms with Gasteiger partial charge in [0.05, 0.1) is 0 Å². The summed E-state index contributed by atoms with van der Waals surface area (Å²) in [5, 5.41) is 4.96. The molecule has 0 aliphatic carbocycles. The summed E-state index contributed by atoms with van der Waals surface area (Å²) in [6.45, 7) is 0.868. The van der Waals surface area contributed by atoms with Gasteiger partial charge in [-0.2, -0.15) is 0 Å². The van der Waals surface area contributed by atoms with Crippen LogP contribution in [0.15, 0.2) is 11.8 Å². The Morgan fingerprint density at radius 1 is 1.38 bits per heavy atom. The molecule has 0 aromatic heterocycles. The van der Waals surface area contributed by atoms with Crippen LogP contribution in [-0.2, 0) is 9.59 Å². The summed E-state index contributed by atoms with van der Waals surface area (Å²) in [5.74, 6) is -1.89. The molecule has 1 fully saturated rings. The molecule has 1 aliphatic heterocycles. The van der Waals surface area contributed by atoms with Crippen LogP contribution in [0, 0.1) is 0 Å². The van der Waals surface area contributed by atoms with Crippen LogP contribution >= 0.6 is 0 Å². The smallest absolute Gasteiger partial charge is 0.299 e. The molecule has 0 unspecified atom stereocenters. The third-order valence-corrected chi connectivity index (χ3v) is 1.47. The molecular formula is C7H8F2N2O2. The number of nitrogens with one attached hydrogen (secondary N) is 2. The maximum atomic E-state index is 11.8. The molecule has 1 rings (SSSR count). The monoisotopic (exact) mass is 190 g/mol. The van der Waals surface area contributed by atoms with Gasteiger partial charge in [0, 0.05) is 19.2 Å². The Bertz CT molecular complexity index is 263. The number of amides is 1. The van der Waals surface area contributed by atoms with Crippen LogP contribution in [-0.4, -0.2) is 31.2 Å². The van der Waals surface area contributed by atoms with Crippen molar-refractivity contribution in [3.8, 4) is 0 Å². The van der Waals surface area contributed by atoms with E-state index in [2.05, 4.69) is 10.6 Å². The van der Waals surface area contributed by atoms with Gasteiger partial charge in [-0.3, -0.25) is 9.59 Å². The standard InChI is InChI=1S/C7H8F2N2O2/c8-6(9)5(12)3-4-7(13)11-2-1-10-4/h3,6,10H,1-2H2,(H,11,13). The average molecular weight is 190 g/mol. The number of rotatable bonds is 2. The lowest BCUT2D eigenvalue weighted by molar-refractivity contribution is -0.125. The van der Waals surface area contributed by atoms with Gasteiger partial charge in [-0.15, -0.1) is 0 Å². The van der Waals surface area contributed by atoms with E-state index in [4.69, 9.17) is 0 Å². The first-order valence-corrected chi connectivity index (χ1v) is 3.67. The minimum absolute atomic E-state index is 0.100. The molecule has 72 valence electrons. The van der Waals surface area contributed by atoms with Crippen LogP contribution in [0.2, 0.25) is 0 Å². The first-order valence-electron chi connectivity index (χ1n) is 3.67. The number of hydrogen-bond acceptors (Lipinski definition) is 3. The van der Waals surface area contributed by atoms with E-state index < -0.39 is 18.1 Å². The zero-order valence-electron chi connectivity index (χ0n) is 6.64. The van der Waals surface area contributed by atoms with Gasteiger partial charge < -0.3 is 10.6 Å². The van der Waals surface area contributed by atoms with Gasteiger partial charge >= 0.3 is 0 Å². The van der Waals surface area contributed by atoms with Crippen molar-refractivity contribution in [1.29, 1.82) is 0 Å². The highest BCUT2D eigenvalue weighted by molar-refractivity contribution is 6.02. The number of ketones is 1. The van der Waals surface area contributed by atoms with Crippen LogP contribution < -0.4 is 10.6 Å². The van der Waals surface area contributed by atoms with E-state index in [0.717, 1.165) is 0 Å². The second kappa shape index (κ2) is 3.97. The molecule has 1 aliphatic rings. The first-order chi connectivity index (χ1) is 6.11. The third-order valence-electron chi connectivity index (χ3n) is 1.47. The molecule has 0 aromatic rings. The van der Waals surface area contributed by atoms with Gasteiger partial charge in [0.2, 0.25) is 5.78 Å². The predicted octanol–water partition coefficient (Wildman–Crippen LogP) is -0.576. The van der Waals surface area contributed by atoms with Gasteiger partial charge in [0.15, 0.2) is 0 Å². The van der Waals surface area contributed by atoms with E-state index in [1.807, 2.05) is 0 Å². The van der Waals surface area contributed by atoms with E-state index in [1.54, 1.807) is 0 Å². The molecule has 0 radical (unpaired) electrons. The fourth-order valence-corrected chi connectivity index (χ4v) is 0.871. The number of halogens is 2. The normalized spacial score (nSPS) is 19.9. The maximum Gasteiger partial charge on any atom is 0.299 e. The summed E-state index contributed by atoms with van der Waals surface area (Å²) in [7, 11) is 0. The highest BCUT2D eigenvalue weighted by Gasteiger charge is 2.18. The molecule has 0 spiro atoms. The lowest BCUT2D eigenvalue weighted by atomic mass is 10.2. The van der Waals surface area contributed by atoms with Crippen molar-refractivity contribution in [2.45, 2.75) is 6.43 Å². The number of alkyl halides is 2. The number of carbonyl (C=O) groups excluding carboxylic acids is 2. The Kier molecular flexibility index (Phi) is 2.94. The average Bonchev–Trinajstić information content (AvgIpc) is 2.08. The molecule has 0 aromatic carbocycles. The fourth-order valence-electron chi connectivity index (χ4n) is 0.871. The highest BCUT2D eigenvalue weighted by atomic mass is 19.3. The minimum Gasteiger partial charge on any atom is -0.379 e.